The highest BCUT2D eigenvalue weighted by molar-refractivity contribution is 7.26. The van der Waals surface area contributed by atoms with E-state index in [9.17, 15) is 0 Å². The molecule has 43 heavy (non-hydrogen) atoms. The molecule has 0 spiro atoms. The van der Waals surface area contributed by atoms with Crippen LogP contribution in [0.2, 0.25) is 0 Å². The van der Waals surface area contributed by atoms with Gasteiger partial charge in [0.2, 0.25) is 0 Å². The lowest BCUT2D eigenvalue weighted by molar-refractivity contribution is 0.672. The van der Waals surface area contributed by atoms with Gasteiger partial charge >= 0.3 is 0 Å². The van der Waals surface area contributed by atoms with Crippen LogP contribution < -0.4 is 4.90 Å². The Kier molecular flexibility index (Phi) is 5.40. The van der Waals surface area contributed by atoms with Crippen LogP contribution in [0.25, 0.3) is 64.0 Å². The maximum atomic E-state index is 6.64. The quantitative estimate of drug-likeness (QED) is 0.210. The number of thiophene rings is 1. The Morgan fingerprint density at radius 2 is 1.16 bits per heavy atom. The van der Waals surface area contributed by atoms with E-state index in [0.29, 0.717) is 0 Å². The van der Waals surface area contributed by atoms with Crippen molar-refractivity contribution in [3.63, 3.8) is 0 Å². The summed E-state index contributed by atoms with van der Waals surface area (Å²) in [5.41, 5.74) is 7.55. The molecule has 0 aliphatic heterocycles. The van der Waals surface area contributed by atoms with Crippen LogP contribution in [0, 0.1) is 0 Å². The number of benzene rings is 7. The van der Waals surface area contributed by atoms with Crippen LogP contribution in [0.15, 0.2) is 156 Å². The van der Waals surface area contributed by atoms with Crippen LogP contribution >= 0.6 is 11.3 Å². The molecule has 0 atom stereocenters. The van der Waals surface area contributed by atoms with Crippen LogP contribution in [0.1, 0.15) is 0 Å². The van der Waals surface area contributed by atoms with Gasteiger partial charge in [0.05, 0.1) is 16.8 Å². The summed E-state index contributed by atoms with van der Waals surface area (Å²) >= 11 is 1.85. The van der Waals surface area contributed by atoms with E-state index in [1.807, 2.05) is 11.3 Å². The van der Waals surface area contributed by atoms with Crippen molar-refractivity contribution in [1.82, 2.24) is 0 Å². The first-order valence-electron chi connectivity index (χ1n) is 14.5. The van der Waals surface area contributed by atoms with Crippen LogP contribution in [-0.4, -0.2) is 0 Å². The molecular weight excluding hydrogens is 543 g/mol. The zero-order valence-corrected chi connectivity index (χ0v) is 24.0. The Morgan fingerprint density at radius 1 is 0.465 bits per heavy atom. The third kappa shape index (κ3) is 3.79. The molecule has 2 aromatic heterocycles. The van der Waals surface area contributed by atoms with Crippen molar-refractivity contribution in [3.05, 3.63) is 152 Å². The molecule has 0 amide bonds. The number of furan rings is 1. The first-order chi connectivity index (χ1) is 21.3. The zero-order chi connectivity index (χ0) is 28.3. The second kappa shape index (κ2) is 9.59. The molecule has 202 valence electrons. The van der Waals surface area contributed by atoms with Gasteiger partial charge in [-0.25, -0.2) is 0 Å². The molecule has 0 N–H and O–H groups in total. The Labute approximate surface area is 252 Å². The molecule has 0 aliphatic carbocycles. The number of anilines is 3. The summed E-state index contributed by atoms with van der Waals surface area (Å²) in [7, 11) is 0. The van der Waals surface area contributed by atoms with Gasteiger partial charge in [0.1, 0.15) is 11.2 Å². The van der Waals surface area contributed by atoms with Gasteiger partial charge in [-0.05, 0) is 65.0 Å². The van der Waals surface area contributed by atoms with E-state index in [1.54, 1.807) is 0 Å². The van der Waals surface area contributed by atoms with E-state index < -0.39 is 0 Å². The molecule has 2 nitrogen and oxygen atoms in total. The van der Waals surface area contributed by atoms with Crippen molar-refractivity contribution in [2.24, 2.45) is 0 Å². The largest absolute Gasteiger partial charge is 0.455 e. The predicted molar refractivity (Wildman–Crippen MR) is 184 cm³/mol. The Balaban J connectivity index is 1.39. The first kappa shape index (κ1) is 24.2. The summed E-state index contributed by atoms with van der Waals surface area (Å²) < 4.78 is 9.21. The predicted octanol–water partition coefficient (Wildman–Crippen LogP) is 12.2. The SMILES string of the molecule is c1ccc(-c2cccc(N(c3cccc4oc5c6ccccc6ccc5c34)c3cccc4sc5ccccc5c34)c2)cc1. The molecule has 7 aromatic carbocycles. The van der Waals surface area contributed by atoms with Gasteiger partial charge in [-0.1, -0.05) is 103 Å². The monoisotopic (exact) mass is 567 g/mol. The molecule has 0 saturated carbocycles. The summed E-state index contributed by atoms with van der Waals surface area (Å²) in [6.07, 6.45) is 0. The Bertz CT molecular complexity index is 2470. The maximum Gasteiger partial charge on any atom is 0.143 e. The van der Waals surface area contributed by atoms with Crippen LogP contribution in [0.4, 0.5) is 17.1 Å². The molecule has 2 heterocycles. The summed E-state index contributed by atoms with van der Waals surface area (Å²) in [6, 6.07) is 54.2. The zero-order valence-electron chi connectivity index (χ0n) is 23.2. The fraction of sp³-hybridized carbons (Fsp3) is 0. The second-order valence-electron chi connectivity index (χ2n) is 10.9. The van der Waals surface area contributed by atoms with E-state index in [4.69, 9.17) is 4.42 Å². The van der Waals surface area contributed by atoms with E-state index in [-0.39, 0.29) is 0 Å². The van der Waals surface area contributed by atoms with Crippen molar-refractivity contribution < 1.29 is 4.42 Å². The highest BCUT2D eigenvalue weighted by Gasteiger charge is 2.23. The molecule has 0 saturated heterocycles. The lowest BCUT2D eigenvalue weighted by Gasteiger charge is -2.27. The third-order valence-corrected chi connectivity index (χ3v) is 9.58. The van der Waals surface area contributed by atoms with Crippen molar-refractivity contribution in [3.8, 4) is 11.1 Å². The first-order valence-corrected chi connectivity index (χ1v) is 15.3. The minimum atomic E-state index is 0.885. The number of nitrogens with zero attached hydrogens (tertiary/aromatic N) is 1. The Hall–Kier alpha value is -5.38. The molecule has 9 aromatic rings. The van der Waals surface area contributed by atoms with E-state index in [1.165, 1.54) is 36.7 Å². The molecular formula is C40H25NOS. The van der Waals surface area contributed by atoms with Crippen LogP contribution in [0.3, 0.4) is 0 Å². The summed E-state index contributed by atoms with van der Waals surface area (Å²) in [5, 5.41) is 7.09. The van der Waals surface area contributed by atoms with E-state index in [0.717, 1.165) is 44.4 Å². The van der Waals surface area contributed by atoms with Crippen molar-refractivity contribution in [2.75, 3.05) is 4.90 Å². The fourth-order valence-corrected chi connectivity index (χ4v) is 7.65. The molecule has 9 rings (SSSR count). The Morgan fingerprint density at radius 3 is 2.07 bits per heavy atom. The minimum absolute atomic E-state index is 0.885. The third-order valence-electron chi connectivity index (χ3n) is 8.44. The summed E-state index contributed by atoms with van der Waals surface area (Å²) in [5.74, 6) is 0. The van der Waals surface area contributed by atoms with Crippen LogP contribution in [-0.2, 0) is 0 Å². The molecule has 3 heteroatoms. The van der Waals surface area contributed by atoms with Gasteiger partial charge in [0.15, 0.2) is 0 Å². The number of fused-ring (bicyclic) bond motifs is 8. The molecule has 0 aliphatic rings. The lowest BCUT2D eigenvalue weighted by Crippen LogP contribution is -2.10. The van der Waals surface area contributed by atoms with Crippen LogP contribution in [0.5, 0.6) is 0 Å². The fourth-order valence-electron chi connectivity index (χ4n) is 6.53. The van der Waals surface area contributed by atoms with Crippen molar-refractivity contribution in [2.45, 2.75) is 0 Å². The lowest BCUT2D eigenvalue weighted by atomic mass is 10.0. The molecule has 0 unspecified atom stereocenters. The number of hydrogen-bond donors (Lipinski definition) is 0. The van der Waals surface area contributed by atoms with Gasteiger partial charge < -0.3 is 9.32 Å². The number of rotatable bonds is 4. The molecule has 0 radical (unpaired) electrons. The summed E-state index contributed by atoms with van der Waals surface area (Å²) in [4.78, 5) is 2.43. The average molecular weight is 568 g/mol. The van der Waals surface area contributed by atoms with E-state index in [2.05, 4.69) is 157 Å². The number of hydrogen-bond acceptors (Lipinski definition) is 3. The molecule has 0 fully saturated rings. The highest BCUT2D eigenvalue weighted by atomic mass is 32.1. The van der Waals surface area contributed by atoms with Gasteiger partial charge in [-0.15, -0.1) is 11.3 Å². The average Bonchev–Trinajstić information content (AvgIpc) is 3.65. The van der Waals surface area contributed by atoms with Gasteiger partial charge in [-0.3, -0.25) is 0 Å². The van der Waals surface area contributed by atoms with Gasteiger partial charge in [-0.2, -0.15) is 0 Å². The topological polar surface area (TPSA) is 16.4 Å². The standard InChI is InChI=1S/C40H25NOS/c1-2-11-26(12-3-1)28-14-8-15-29(25-28)41(34-19-10-22-37-39(34)31-17-6-7-21-36(31)43-37)33-18-9-20-35-38(33)32-24-23-27-13-4-5-16-30(27)40(32)42-35/h1-25H. The van der Waals surface area contributed by atoms with Gasteiger partial charge in [0, 0.05) is 36.6 Å². The van der Waals surface area contributed by atoms with E-state index >= 15 is 0 Å². The minimum Gasteiger partial charge on any atom is -0.455 e. The molecule has 0 bridgehead atoms. The smallest absolute Gasteiger partial charge is 0.143 e. The second-order valence-corrected chi connectivity index (χ2v) is 12.0. The maximum absolute atomic E-state index is 6.64. The normalized spacial score (nSPS) is 11.7. The van der Waals surface area contributed by atoms with Crippen molar-refractivity contribution >= 4 is 81.3 Å². The highest BCUT2D eigenvalue weighted by Crippen LogP contribution is 2.48. The van der Waals surface area contributed by atoms with Gasteiger partial charge in [0.25, 0.3) is 0 Å². The van der Waals surface area contributed by atoms with Crippen molar-refractivity contribution in [1.29, 1.82) is 0 Å². The summed E-state index contributed by atoms with van der Waals surface area (Å²) in [6.45, 7) is 0.